The number of nitrogens with one attached hydrogen (secondary N) is 1. The van der Waals surface area contributed by atoms with E-state index in [0.29, 0.717) is 5.92 Å². The van der Waals surface area contributed by atoms with Gasteiger partial charge in [0, 0.05) is 6.54 Å². The van der Waals surface area contributed by atoms with Gasteiger partial charge in [-0.15, -0.1) is 0 Å². The highest BCUT2D eigenvalue weighted by molar-refractivity contribution is 5.10. The Labute approximate surface area is 103 Å². The monoisotopic (exact) mass is 225 g/mol. The zero-order valence-electron chi connectivity index (χ0n) is 12.0. The van der Waals surface area contributed by atoms with Crippen molar-refractivity contribution in [1.29, 1.82) is 0 Å². The van der Waals surface area contributed by atoms with Gasteiger partial charge in [-0.3, -0.25) is 0 Å². The first kappa shape index (κ1) is 15.7. The standard InChI is InChI=1S/C15H31N/c1-6-8-10-14(9-7-2)15(13(3)4)11-12-16-5/h11,13-14,16H,6-10,12H2,1-5H3/b15-11+. The van der Waals surface area contributed by atoms with Crippen LogP contribution in [0.3, 0.4) is 0 Å². The van der Waals surface area contributed by atoms with Crippen molar-refractivity contribution in [1.82, 2.24) is 5.32 Å². The Balaban J connectivity index is 4.51. The number of hydrogen-bond donors (Lipinski definition) is 1. The molecule has 0 fully saturated rings. The van der Waals surface area contributed by atoms with Gasteiger partial charge < -0.3 is 5.32 Å². The highest BCUT2D eigenvalue weighted by Gasteiger charge is 2.15. The van der Waals surface area contributed by atoms with E-state index in [1.807, 2.05) is 7.05 Å². The van der Waals surface area contributed by atoms with Gasteiger partial charge in [0.15, 0.2) is 0 Å². The molecule has 0 radical (unpaired) electrons. The maximum atomic E-state index is 3.23. The molecule has 0 saturated heterocycles. The molecule has 0 rings (SSSR count). The van der Waals surface area contributed by atoms with E-state index in [1.54, 1.807) is 5.57 Å². The second-order valence-electron chi connectivity index (χ2n) is 5.04. The summed E-state index contributed by atoms with van der Waals surface area (Å²) in [7, 11) is 2.02. The fourth-order valence-electron chi connectivity index (χ4n) is 2.37. The SMILES string of the molecule is CCCCC(CCC)/C(=C/CNC)C(C)C. The van der Waals surface area contributed by atoms with Crippen molar-refractivity contribution in [2.24, 2.45) is 11.8 Å². The average molecular weight is 225 g/mol. The van der Waals surface area contributed by atoms with Crippen LogP contribution < -0.4 is 5.32 Å². The minimum Gasteiger partial charge on any atom is -0.316 e. The van der Waals surface area contributed by atoms with Gasteiger partial charge in [-0.25, -0.2) is 0 Å². The molecule has 1 unspecified atom stereocenters. The van der Waals surface area contributed by atoms with Crippen LogP contribution in [0, 0.1) is 11.8 Å². The Hall–Kier alpha value is -0.300. The third-order valence-electron chi connectivity index (χ3n) is 3.22. The van der Waals surface area contributed by atoms with E-state index >= 15 is 0 Å². The molecule has 1 atom stereocenters. The molecule has 0 amide bonds. The van der Waals surface area contributed by atoms with Crippen LogP contribution in [0.25, 0.3) is 0 Å². The smallest absolute Gasteiger partial charge is 0.0134 e. The normalized spacial score (nSPS) is 14.5. The van der Waals surface area contributed by atoms with E-state index < -0.39 is 0 Å². The maximum absolute atomic E-state index is 3.23. The lowest BCUT2D eigenvalue weighted by Crippen LogP contribution is -2.13. The second-order valence-corrected chi connectivity index (χ2v) is 5.04. The molecule has 0 aromatic heterocycles. The third kappa shape index (κ3) is 6.32. The van der Waals surface area contributed by atoms with Crippen molar-refractivity contribution >= 4 is 0 Å². The highest BCUT2D eigenvalue weighted by Crippen LogP contribution is 2.28. The summed E-state index contributed by atoms with van der Waals surface area (Å²) in [4.78, 5) is 0. The van der Waals surface area contributed by atoms with Gasteiger partial charge in [0.05, 0.1) is 0 Å². The molecule has 0 aromatic carbocycles. The Morgan fingerprint density at radius 2 is 1.81 bits per heavy atom. The molecule has 0 aliphatic rings. The predicted molar refractivity (Wildman–Crippen MR) is 74.8 cm³/mol. The molecule has 0 heterocycles. The molecule has 0 spiro atoms. The summed E-state index contributed by atoms with van der Waals surface area (Å²) in [6.07, 6.45) is 9.14. The lowest BCUT2D eigenvalue weighted by molar-refractivity contribution is 0.450. The molecular formula is C15H31N. The van der Waals surface area contributed by atoms with E-state index in [0.717, 1.165) is 12.5 Å². The van der Waals surface area contributed by atoms with E-state index in [2.05, 4.69) is 39.1 Å². The minimum absolute atomic E-state index is 0.696. The molecule has 0 bridgehead atoms. The Bertz CT molecular complexity index is 182. The summed E-state index contributed by atoms with van der Waals surface area (Å²) in [5.41, 5.74) is 1.67. The summed E-state index contributed by atoms with van der Waals surface area (Å²) in [6, 6.07) is 0. The van der Waals surface area contributed by atoms with Gasteiger partial charge in [-0.2, -0.15) is 0 Å². The predicted octanol–water partition coefficient (Wildman–Crippen LogP) is 4.39. The lowest BCUT2D eigenvalue weighted by Gasteiger charge is -2.23. The van der Waals surface area contributed by atoms with Crippen LogP contribution in [0.2, 0.25) is 0 Å². The van der Waals surface area contributed by atoms with Gasteiger partial charge in [-0.05, 0) is 31.7 Å². The second kappa shape index (κ2) is 9.89. The van der Waals surface area contributed by atoms with E-state index in [-0.39, 0.29) is 0 Å². The number of hydrogen-bond acceptors (Lipinski definition) is 1. The Morgan fingerprint density at radius 1 is 1.12 bits per heavy atom. The van der Waals surface area contributed by atoms with E-state index in [4.69, 9.17) is 0 Å². The zero-order valence-corrected chi connectivity index (χ0v) is 12.0. The maximum Gasteiger partial charge on any atom is 0.0134 e. The van der Waals surface area contributed by atoms with Crippen LogP contribution in [0.15, 0.2) is 11.6 Å². The first-order valence-corrected chi connectivity index (χ1v) is 7.01. The van der Waals surface area contributed by atoms with Gasteiger partial charge in [0.1, 0.15) is 0 Å². The molecule has 0 saturated carbocycles. The fourth-order valence-corrected chi connectivity index (χ4v) is 2.37. The van der Waals surface area contributed by atoms with Crippen molar-refractivity contribution in [3.63, 3.8) is 0 Å². The van der Waals surface area contributed by atoms with Crippen LogP contribution in [0.1, 0.15) is 59.8 Å². The zero-order chi connectivity index (χ0) is 12.4. The average Bonchev–Trinajstić information content (AvgIpc) is 2.25. The van der Waals surface area contributed by atoms with Crippen molar-refractivity contribution in [2.75, 3.05) is 13.6 Å². The van der Waals surface area contributed by atoms with Crippen molar-refractivity contribution < 1.29 is 0 Å². The van der Waals surface area contributed by atoms with E-state index in [9.17, 15) is 0 Å². The van der Waals surface area contributed by atoms with Crippen LogP contribution >= 0.6 is 0 Å². The summed E-state index contributed by atoms with van der Waals surface area (Å²) in [6.45, 7) is 10.3. The lowest BCUT2D eigenvalue weighted by atomic mass is 9.83. The number of unbranched alkanes of at least 4 members (excludes halogenated alkanes) is 1. The Kier molecular flexibility index (Phi) is 9.71. The fraction of sp³-hybridized carbons (Fsp3) is 0.867. The topological polar surface area (TPSA) is 12.0 Å². The van der Waals surface area contributed by atoms with Crippen LogP contribution in [-0.2, 0) is 0 Å². The number of allylic oxidation sites excluding steroid dienone is 1. The first-order chi connectivity index (χ1) is 7.67. The number of likely N-dealkylation sites (N-methyl/N-ethyl adjacent to an activating group) is 1. The summed E-state index contributed by atoms with van der Waals surface area (Å²) >= 11 is 0. The molecule has 96 valence electrons. The first-order valence-electron chi connectivity index (χ1n) is 7.01. The van der Waals surface area contributed by atoms with Crippen LogP contribution in [0.5, 0.6) is 0 Å². The van der Waals surface area contributed by atoms with Crippen LogP contribution in [0.4, 0.5) is 0 Å². The van der Waals surface area contributed by atoms with Crippen molar-refractivity contribution in [3.05, 3.63) is 11.6 Å². The summed E-state index contributed by atoms with van der Waals surface area (Å²) in [5.74, 6) is 1.51. The van der Waals surface area contributed by atoms with Gasteiger partial charge in [-0.1, -0.05) is 58.6 Å². The third-order valence-corrected chi connectivity index (χ3v) is 3.22. The van der Waals surface area contributed by atoms with Crippen molar-refractivity contribution in [3.8, 4) is 0 Å². The minimum atomic E-state index is 0.696. The highest BCUT2D eigenvalue weighted by atomic mass is 14.8. The molecule has 1 heteroatoms. The van der Waals surface area contributed by atoms with Gasteiger partial charge in [0.2, 0.25) is 0 Å². The molecular weight excluding hydrogens is 194 g/mol. The summed E-state index contributed by atoms with van der Waals surface area (Å²) in [5, 5.41) is 3.23. The number of rotatable bonds is 9. The van der Waals surface area contributed by atoms with Crippen molar-refractivity contribution in [2.45, 2.75) is 59.8 Å². The molecule has 1 nitrogen and oxygen atoms in total. The van der Waals surface area contributed by atoms with Gasteiger partial charge >= 0.3 is 0 Å². The van der Waals surface area contributed by atoms with Gasteiger partial charge in [0.25, 0.3) is 0 Å². The van der Waals surface area contributed by atoms with E-state index in [1.165, 1.54) is 32.1 Å². The molecule has 0 aliphatic carbocycles. The molecule has 0 aliphatic heterocycles. The van der Waals surface area contributed by atoms with Crippen LogP contribution in [-0.4, -0.2) is 13.6 Å². The molecule has 1 N–H and O–H groups in total. The Morgan fingerprint density at radius 3 is 2.25 bits per heavy atom. The quantitative estimate of drug-likeness (QED) is 0.574. The largest absolute Gasteiger partial charge is 0.316 e. The molecule has 16 heavy (non-hydrogen) atoms. The summed E-state index contributed by atoms with van der Waals surface area (Å²) < 4.78 is 0. The molecule has 0 aromatic rings.